The second kappa shape index (κ2) is 8.92. The van der Waals surface area contributed by atoms with Crippen molar-refractivity contribution in [2.75, 3.05) is 32.7 Å². The van der Waals surface area contributed by atoms with E-state index in [0.29, 0.717) is 50.0 Å². The molecule has 2 amide bonds. The number of pyridine rings is 1. The van der Waals surface area contributed by atoms with Crippen molar-refractivity contribution in [1.82, 2.24) is 29.9 Å². The molecule has 1 saturated heterocycles. The van der Waals surface area contributed by atoms with E-state index < -0.39 is 0 Å². The van der Waals surface area contributed by atoms with Crippen LogP contribution in [0.3, 0.4) is 0 Å². The fraction of sp³-hybridized carbons (Fsp3) is 0.333. The van der Waals surface area contributed by atoms with Gasteiger partial charge in [0.15, 0.2) is 0 Å². The van der Waals surface area contributed by atoms with Gasteiger partial charge in [0.2, 0.25) is 5.91 Å². The summed E-state index contributed by atoms with van der Waals surface area (Å²) in [5.74, 6) is 0.0309. The molecule has 3 aromatic rings. The molecule has 8 heteroatoms. The molecule has 8 nitrogen and oxygen atoms in total. The lowest BCUT2D eigenvalue weighted by Gasteiger charge is -2.34. The van der Waals surface area contributed by atoms with Crippen molar-refractivity contribution in [1.29, 1.82) is 0 Å². The molecular weight excluding hydrogens is 404 g/mol. The number of amides is 2. The van der Waals surface area contributed by atoms with Gasteiger partial charge >= 0.3 is 0 Å². The molecule has 0 radical (unpaired) electrons. The maximum atomic E-state index is 13.5. The summed E-state index contributed by atoms with van der Waals surface area (Å²) in [5.41, 5.74) is 2.88. The smallest absolute Gasteiger partial charge is 0.257 e. The highest BCUT2D eigenvalue weighted by atomic mass is 16.2. The summed E-state index contributed by atoms with van der Waals surface area (Å²) >= 11 is 0. The molecule has 3 heterocycles. The van der Waals surface area contributed by atoms with Crippen molar-refractivity contribution in [3.05, 3.63) is 66.6 Å². The molecule has 0 bridgehead atoms. The quantitative estimate of drug-likeness (QED) is 0.647. The highest BCUT2D eigenvalue weighted by Gasteiger charge is 2.28. The summed E-state index contributed by atoms with van der Waals surface area (Å²) in [6, 6.07) is 13.9. The SMILES string of the molecule is O=C(CN1CCN(C(=O)c2cn(-c3ccccc3)nc2-c2cccnc2)CC1)NC1CC1. The van der Waals surface area contributed by atoms with Gasteiger partial charge in [0.1, 0.15) is 5.69 Å². The van der Waals surface area contributed by atoms with Crippen LogP contribution in [0.5, 0.6) is 0 Å². The van der Waals surface area contributed by atoms with Gasteiger partial charge in [-0.05, 0) is 37.1 Å². The van der Waals surface area contributed by atoms with Crippen LogP contribution in [0.4, 0.5) is 0 Å². The van der Waals surface area contributed by atoms with Crippen molar-refractivity contribution in [2.24, 2.45) is 0 Å². The minimum absolute atomic E-state index is 0.0480. The Labute approximate surface area is 186 Å². The van der Waals surface area contributed by atoms with Gasteiger partial charge in [-0.25, -0.2) is 4.68 Å². The third-order valence-electron chi connectivity index (χ3n) is 5.87. The molecule has 2 aliphatic rings. The van der Waals surface area contributed by atoms with E-state index >= 15 is 0 Å². The number of carbonyl (C=O) groups excluding carboxylic acids is 2. The van der Waals surface area contributed by atoms with E-state index in [4.69, 9.17) is 5.10 Å². The summed E-state index contributed by atoms with van der Waals surface area (Å²) in [4.78, 5) is 33.7. The van der Waals surface area contributed by atoms with Gasteiger partial charge in [0.25, 0.3) is 5.91 Å². The van der Waals surface area contributed by atoms with E-state index in [2.05, 4.69) is 15.2 Å². The predicted octanol–water partition coefficient (Wildman–Crippen LogP) is 1.97. The van der Waals surface area contributed by atoms with Crippen molar-refractivity contribution in [2.45, 2.75) is 18.9 Å². The van der Waals surface area contributed by atoms with E-state index in [9.17, 15) is 9.59 Å². The lowest BCUT2D eigenvalue weighted by molar-refractivity contribution is -0.122. The third-order valence-corrected chi connectivity index (χ3v) is 5.87. The molecular formula is C24H26N6O2. The summed E-state index contributed by atoms with van der Waals surface area (Å²) in [6.45, 7) is 2.92. The molecule has 32 heavy (non-hydrogen) atoms. The minimum atomic E-state index is -0.0480. The van der Waals surface area contributed by atoms with Crippen LogP contribution in [0.15, 0.2) is 61.1 Å². The molecule has 1 aliphatic carbocycles. The number of nitrogens with one attached hydrogen (secondary N) is 1. The Bertz CT molecular complexity index is 1090. The number of para-hydroxylation sites is 1. The Balaban J connectivity index is 1.33. The molecule has 164 valence electrons. The Morgan fingerprint density at radius 2 is 1.78 bits per heavy atom. The summed E-state index contributed by atoms with van der Waals surface area (Å²) in [5, 5.41) is 7.75. The van der Waals surface area contributed by atoms with Gasteiger partial charge in [-0.2, -0.15) is 5.10 Å². The van der Waals surface area contributed by atoms with Crippen molar-refractivity contribution < 1.29 is 9.59 Å². The first-order chi connectivity index (χ1) is 15.7. The van der Waals surface area contributed by atoms with E-state index in [1.165, 1.54) is 0 Å². The second-order valence-electron chi connectivity index (χ2n) is 8.32. The zero-order valence-electron chi connectivity index (χ0n) is 17.9. The number of hydrogen-bond donors (Lipinski definition) is 1. The monoisotopic (exact) mass is 430 g/mol. The van der Waals surface area contributed by atoms with Crippen LogP contribution in [-0.2, 0) is 4.79 Å². The largest absolute Gasteiger partial charge is 0.352 e. The Morgan fingerprint density at radius 3 is 2.47 bits per heavy atom. The molecule has 1 saturated carbocycles. The first-order valence-corrected chi connectivity index (χ1v) is 11.0. The molecule has 2 fully saturated rings. The predicted molar refractivity (Wildman–Crippen MR) is 120 cm³/mol. The van der Waals surface area contributed by atoms with E-state index in [1.807, 2.05) is 47.4 Å². The van der Waals surface area contributed by atoms with Gasteiger partial charge in [0.05, 0.1) is 17.8 Å². The van der Waals surface area contributed by atoms with Crippen LogP contribution in [0.1, 0.15) is 23.2 Å². The van der Waals surface area contributed by atoms with Crippen molar-refractivity contribution in [3.63, 3.8) is 0 Å². The Kier molecular flexibility index (Phi) is 5.68. The maximum Gasteiger partial charge on any atom is 0.257 e. The van der Waals surface area contributed by atoms with E-state index in [-0.39, 0.29) is 11.8 Å². The van der Waals surface area contributed by atoms with Gasteiger partial charge < -0.3 is 10.2 Å². The molecule has 1 aromatic carbocycles. The fourth-order valence-corrected chi connectivity index (χ4v) is 3.94. The second-order valence-corrected chi connectivity index (χ2v) is 8.32. The maximum absolute atomic E-state index is 13.5. The number of carbonyl (C=O) groups is 2. The molecule has 1 N–H and O–H groups in total. The number of rotatable bonds is 6. The van der Waals surface area contributed by atoms with E-state index in [0.717, 1.165) is 24.1 Å². The minimum Gasteiger partial charge on any atom is -0.352 e. The van der Waals surface area contributed by atoms with E-state index in [1.54, 1.807) is 23.3 Å². The Hall–Kier alpha value is -3.52. The van der Waals surface area contributed by atoms with Crippen LogP contribution < -0.4 is 5.32 Å². The summed E-state index contributed by atoms with van der Waals surface area (Å²) in [7, 11) is 0. The van der Waals surface area contributed by atoms with Gasteiger partial charge in [-0.1, -0.05) is 18.2 Å². The fourth-order valence-electron chi connectivity index (χ4n) is 3.94. The zero-order chi connectivity index (χ0) is 21.9. The van der Waals surface area contributed by atoms with Crippen LogP contribution in [-0.4, -0.2) is 75.1 Å². The van der Waals surface area contributed by atoms with Crippen molar-refractivity contribution >= 4 is 11.8 Å². The van der Waals surface area contributed by atoms with Gasteiger partial charge in [0, 0.05) is 56.4 Å². The third kappa shape index (κ3) is 4.55. The van der Waals surface area contributed by atoms with Crippen LogP contribution in [0, 0.1) is 0 Å². The lowest BCUT2D eigenvalue weighted by atomic mass is 10.1. The van der Waals surface area contributed by atoms with Gasteiger partial charge in [-0.3, -0.25) is 19.5 Å². The average Bonchev–Trinajstić information content (AvgIpc) is 3.53. The molecule has 2 aromatic heterocycles. The normalized spacial score (nSPS) is 16.7. The lowest BCUT2D eigenvalue weighted by Crippen LogP contribution is -2.51. The number of benzene rings is 1. The summed E-state index contributed by atoms with van der Waals surface area (Å²) in [6.07, 6.45) is 7.41. The first kappa shape index (κ1) is 20.4. The molecule has 0 atom stereocenters. The van der Waals surface area contributed by atoms with Crippen LogP contribution in [0.2, 0.25) is 0 Å². The molecule has 5 rings (SSSR count). The van der Waals surface area contributed by atoms with Crippen LogP contribution >= 0.6 is 0 Å². The number of hydrogen-bond acceptors (Lipinski definition) is 5. The average molecular weight is 431 g/mol. The molecule has 0 unspecified atom stereocenters. The Morgan fingerprint density at radius 1 is 1.00 bits per heavy atom. The van der Waals surface area contributed by atoms with Crippen molar-refractivity contribution in [3.8, 4) is 16.9 Å². The number of piperazine rings is 1. The zero-order valence-corrected chi connectivity index (χ0v) is 17.9. The molecule has 1 aliphatic heterocycles. The number of aromatic nitrogens is 3. The summed E-state index contributed by atoms with van der Waals surface area (Å²) < 4.78 is 1.74. The topological polar surface area (TPSA) is 83.4 Å². The number of nitrogens with zero attached hydrogens (tertiary/aromatic N) is 5. The highest BCUT2D eigenvalue weighted by Crippen LogP contribution is 2.25. The van der Waals surface area contributed by atoms with Gasteiger partial charge in [-0.15, -0.1) is 0 Å². The highest BCUT2D eigenvalue weighted by molar-refractivity contribution is 6.00. The van der Waals surface area contributed by atoms with Crippen LogP contribution in [0.25, 0.3) is 16.9 Å². The molecule has 0 spiro atoms. The first-order valence-electron chi connectivity index (χ1n) is 11.0. The standard InChI is InChI=1S/C24H26N6O2/c31-22(26-19-8-9-19)17-28-11-13-29(14-12-28)24(32)21-16-30(20-6-2-1-3-7-20)27-23(21)18-5-4-10-25-15-18/h1-7,10,15-16,19H,8-9,11-14,17H2,(H,26,31).